The summed E-state index contributed by atoms with van der Waals surface area (Å²) in [5.41, 5.74) is 2.53. The molecule has 1 amide bonds. The summed E-state index contributed by atoms with van der Waals surface area (Å²) in [5, 5.41) is 20.7. The van der Waals surface area contributed by atoms with E-state index in [1.54, 1.807) is 0 Å². The Hall–Kier alpha value is -2.35. The Labute approximate surface area is 195 Å². The maximum absolute atomic E-state index is 13.7. The minimum Gasteiger partial charge on any atom is -0.390 e. The molecule has 3 rings (SSSR count). The van der Waals surface area contributed by atoms with Crippen molar-refractivity contribution in [1.29, 1.82) is 0 Å². The second-order valence-corrected chi connectivity index (χ2v) is 9.35. The minimum absolute atomic E-state index is 0.120. The van der Waals surface area contributed by atoms with Crippen molar-refractivity contribution in [3.05, 3.63) is 70.8 Å². The number of piperidine rings is 1. The Morgan fingerprint density at radius 1 is 1.12 bits per heavy atom. The van der Waals surface area contributed by atoms with Crippen molar-refractivity contribution >= 4 is 5.91 Å². The average Bonchev–Trinajstić information content (AvgIpc) is 2.77. The first-order chi connectivity index (χ1) is 15.7. The van der Waals surface area contributed by atoms with E-state index in [1.165, 1.54) is 30.2 Å². The summed E-state index contributed by atoms with van der Waals surface area (Å²) in [5.74, 6) is -1.27. The number of amides is 1. The van der Waals surface area contributed by atoms with E-state index >= 15 is 0 Å². The van der Waals surface area contributed by atoms with Crippen LogP contribution in [0.2, 0.25) is 0 Å². The van der Waals surface area contributed by atoms with Gasteiger partial charge in [-0.25, -0.2) is 8.78 Å². The maximum Gasteiger partial charge on any atom is 0.217 e. The van der Waals surface area contributed by atoms with Crippen molar-refractivity contribution < 1.29 is 18.7 Å². The molecule has 2 atom stereocenters. The van der Waals surface area contributed by atoms with Gasteiger partial charge in [-0.1, -0.05) is 38.1 Å². The summed E-state index contributed by atoms with van der Waals surface area (Å²) < 4.78 is 27.3. The van der Waals surface area contributed by atoms with Crippen LogP contribution in [-0.2, 0) is 16.8 Å². The zero-order valence-corrected chi connectivity index (χ0v) is 19.6. The van der Waals surface area contributed by atoms with E-state index in [4.69, 9.17) is 0 Å². The molecule has 0 unspecified atom stereocenters. The van der Waals surface area contributed by atoms with Gasteiger partial charge < -0.3 is 21.1 Å². The van der Waals surface area contributed by atoms with E-state index in [1.807, 2.05) is 0 Å². The first kappa shape index (κ1) is 25.3. The highest BCUT2D eigenvalue weighted by Gasteiger charge is 2.35. The third kappa shape index (κ3) is 6.82. The summed E-state index contributed by atoms with van der Waals surface area (Å²) in [4.78, 5) is 11.8. The van der Waals surface area contributed by atoms with Gasteiger partial charge in [-0.05, 0) is 67.1 Å². The summed E-state index contributed by atoms with van der Waals surface area (Å²) in [7, 11) is 0. The van der Waals surface area contributed by atoms with Crippen LogP contribution in [0.5, 0.6) is 0 Å². The predicted octanol–water partition coefficient (Wildman–Crippen LogP) is 3.36. The SMILES string of the molecule is CC(=O)N[C@@H](Cc1cc(F)cc(F)c1)[C@H](O)CNC1(c2cccc(C(C)C)c2)CCNCC1. The fourth-order valence-corrected chi connectivity index (χ4v) is 4.59. The van der Waals surface area contributed by atoms with E-state index in [-0.39, 0.29) is 24.4 Å². The first-order valence-corrected chi connectivity index (χ1v) is 11.6. The van der Waals surface area contributed by atoms with Gasteiger partial charge in [0, 0.05) is 25.1 Å². The fraction of sp³-hybridized carbons (Fsp3) is 0.500. The number of aliphatic hydroxyl groups excluding tert-OH is 1. The van der Waals surface area contributed by atoms with E-state index in [9.17, 15) is 18.7 Å². The summed E-state index contributed by atoms with van der Waals surface area (Å²) in [6.45, 7) is 7.64. The van der Waals surface area contributed by atoms with Crippen LogP contribution in [0.3, 0.4) is 0 Å². The molecule has 0 saturated carbocycles. The molecule has 4 N–H and O–H groups in total. The number of hydrogen-bond acceptors (Lipinski definition) is 4. The average molecular weight is 460 g/mol. The molecule has 1 aliphatic heterocycles. The first-order valence-electron chi connectivity index (χ1n) is 11.6. The zero-order chi connectivity index (χ0) is 24.0. The van der Waals surface area contributed by atoms with Crippen LogP contribution in [0.25, 0.3) is 0 Å². The van der Waals surface area contributed by atoms with E-state index in [2.05, 4.69) is 54.1 Å². The minimum atomic E-state index is -0.944. The van der Waals surface area contributed by atoms with E-state index < -0.39 is 23.8 Å². The highest BCUT2D eigenvalue weighted by atomic mass is 19.1. The van der Waals surface area contributed by atoms with Crippen LogP contribution in [-0.4, -0.2) is 42.8 Å². The summed E-state index contributed by atoms with van der Waals surface area (Å²) in [6.07, 6.45) is 0.900. The number of halogens is 2. The normalized spacial score (nSPS) is 17.5. The fourth-order valence-electron chi connectivity index (χ4n) is 4.59. The highest BCUT2D eigenvalue weighted by molar-refractivity contribution is 5.73. The molecular weight excluding hydrogens is 424 g/mol. The van der Waals surface area contributed by atoms with Gasteiger partial charge in [-0.15, -0.1) is 0 Å². The lowest BCUT2D eigenvalue weighted by atomic mass is 9.80. The molecule has 0 aromatic heterocycles. The predicted molar refractivity (Wildman–Crippen MR) is 126 cm³/mol. The monoisotopic (exact) mass is 459 g/mol. The molecule has 1 fully saturated rings. The Morgan fingerprint density at radius 3 is 2.39 bits per heavy atom. The van der Waals surface area contributed by atoms with Gasteiger partial charge in [0.2, 0.25) is 5.91 Å². The van der Waals surface area contributed by atoms with Crippen LogP contribution >= 0.6 is 0 Å². The molecule has 0 bridgehead atoms. The smallest absolute Gasteiger partial charge is 0.217 e. The number of rotatable bonds is 9. The lowest BCUT2D eigenvalue weighted by Gasteiger charge is -2.41. The van der Waals surface area contributed by atoms with Crippen molar-refractivity contribution in [3.8, 4) is 0 Å². The molecule has 0 radical (unpaired) electrons. The quantitative estimate of drug-likeness (QED) is 0.464. The molecule has 1 heterocycles. The number of carbonyl (C=O) groups is 1. The van der Waals surface area contributed by atoms with Crippen LogP contribution in [0.1, 0.15) is 56.2 Å². The van der Waals surface area contributed by atoms with Crippen LogP contribution in [0.15, 0.2) is 42.5 Å². The molecule has 2 aromatic carbocycles. The summed E-state index contributed by atoms with van der Waals surface area (Å²) in [6, 6.07) is 11.1. The molecule has 1 aliphatic rings. The Bertz CT molecular complexity index is 925. The van der Waals surface area contributed by atoms with Crippen molar-refractivity contribution in [2.24, 2.45) is 0 Å². The molecule has 180 valence electrons. The molecule has 33 heavy (non-hydrogen) atoms. The van der Waals surface area contributed by atoms with E-state index in [0.29, 0.717) is 11.5 Å². The van der Waals surface area contributed by atoms with Gasteiger partial charge in [0.25, 0.3) is 0 Å². The highest BCUT2D eigenvalue weighted by Crippen LogP contribution is 2.32. The Balaban J connectivity index is 1.78. The lowest BCUT2D eigenvalue weighted by molar-refractivity contribution is -0.120. The van der Waals surface area contributed by atoms with Crippen molar-refractivity contribution in [1.82, 2.24) is 16.0 Å². The van der Waals surface area contributed by atoms with Gasteiger partial charge in [0.05, 0.1) is 12.1 Å². The molecule has 5 nitrogen and oxygen atoms in total. The van der Waals surface area contributed by atoms with Crippen LogP contribution < -0.4 is 16.0 Å². The largest absolute Gasteiger partial charge is 0.390 e. The summed E-state index contributed by atoms with van der Waals surface area (Å²) >= 11 is 0. The van der Waals surface area contributed by atoms with Gasteiger partial charge in [-0.2, -0.15) is 0 Å². The number of aliphatic hydroxyl groups is 1. The van der Waals surface area contributed by atoms with Crippen molar-refractivity contribution in [3.63, 3.8) is 0 Å². The molecule has 7 heteroatoms. The van der Waals surface area contributed by atoms with Crippen LogP contribution in [0.4, 0.5) is 8.78 Å². The maximum atomic E-state index is 13.7. The number of hydrogen-bond donors (Lipinski definition) is 4. The number of nitrogens with one attached hydrogen (secondary N) is 3. The number of benzene rings is 2. The van der Waals surface area contributed by atoms with Gasteiger partial charge in [-0.3, -0.25) is 4.79 Å². The molecule has 0 aliphatic carbocycles. The second kappa shape index (κ2) is 11.2. The Morgan fingerprint density at radius 2 is 1.79 bits per heavy atom. The van der Waals surface area contributed by atoms with Gasteiger partial charge >= 0.3 is 0 Å². The third-order valence-electron chi connectivity index (χ3n) is 6.44. The second-order valence-electron chi connectivity index (χ2n) is 9.35. The van der Waals surface area contributed by atoms with E-state index in [0.717, 1.165) is 32.0 Å². The molecule has 0 spiro atoms. The van der Waals surface area contributed by atoms with Gasteiger partial charge in [0.15, 0.2) is 0 Å². The van der Waals surface area contributed by atoms with Crippen LogP contribution in [0, 0.1) is 11.6 Å². The third-order valence-corrected chi connectivity index (χ3v) is 6.44. The van der Waals surface area contributed by atoms with Crippen molar-refractivity contribution in [2.75, 3.05) is 19.6 Å². The molecule has 1 saturated heterocycles. The topological polar surface area (TPSA) is 73.4 Å². The standard InChI is InChI=1S/C26H35F2N3O2/c1-17(2)20-5-4-6-21(14-20)26(7-9-29-10-8-26)30-16-25(33)24(31-18(3)32)13-19-11-22(27)15-23(28)12-19/h4-6,11-12,14-15,17,24-25,29-30,33H,7-10,13,16H2,1-3H3,(H,31,32)/t24-,25+/m0/s1. The molecular formula is C26H35F2N3O2. The van der Waals surface area contributed by atoms with Gasteiger partial charge in [0.1, 0.15) is 11.6 Å². The lowest BCUT2D eigenvalue weighted by Crippen LogP contribution is -2.55. The van der Waals surface area contributed by atoms with Crippen molar-refractivity contribution in [2.45, 2.75) is 63.6 Å². The zero-order valence-electron chi connectivity index (χ0n) is 19.6. The molecule has 2 aromatic rings. The Kier molecular flexibility index (Phi) is 8.57. The number of carbonyl (C=O) groups excluding carboxylic acids is 1.